The molecule has 0 aliphatic heterocycles. The number of rotatable bonds is 2. The number of hydrogen-bond acceptors (Lipinski definition) is 2. The summed E-state index contributed by atoms with van der Waals surface area (Å²) in [6.45, 7) is 0. The number of benzene rings is 1. The van der Waals surface area contributed by atoms with Gasteiger partial charge in [-0.2, -0.15) is 10.2 Å². The van der Waals surface area contributed by atoms with Crippen molar-refractivity contribution in [2.24, 2.45) is 0 Å². The van der Waals surface area contributed by atoms with Gasteiger partial charge in [0.15, 0.2) is 0 Å². The second-order valence-corrected chi connectivity index (χ2v) is 3.70. The first-order valence-corrected chi connectivity index (χ1v) is 5.36. The maximum Gasteiger partial charge on any atom is 0.0944 e. The van der Waals surface area contributed by atoms with Gasteiger partial charge in [-0.15, -0.1) is 11.6 Å². The van der Waals surface area contributed by atoms with E-state index >= 15 is 0 Å². The van der Waals surface area contributed by atoms with Crippen molar-refractivity contribution < 1.29 is 0 Å². The van der Waals surface area contributed by atoms with Crippen LogP contribution < -0.4 is 0 Å². The Labute approximate surface area is 97.9 Å². The maximum atomic E-state index is 6.04. The predicted molar refractivity (Wildman–Crippen MR) is 62.0 cm³/mol. The zero-order valence-corrected chi connectivity index (χ0v) is 9.33. The van der Waals surface area contributed by atoms with Crippen LogP contribution in [0.5, 0.6) is 0 Å². The molecule has 0 saturated carbocycles. The van der Waals surface area contributed by atoms with Crippen LogP contribution in [0.25, 0.3) is 11.3 Å². The molecule has 0 aliphatic carbocycles. The third-order valence-corrected chi connectivity index (χ3v) is 2.61. The molecule has 0 radical (unpaired) electrons. The van der Waals surface area contributed by atoms with Crippen molar-refractivity contribution in [3.05, 3.63) is 47.1 Å². The predicted octanol–water partition coefficient (Wildman–Crippen LogP) is 3.54. The number of nitrogens with zero attached hydrogens (tertiary/aromatic N) is 2. The van der Waals surface area contributed by atoms with E-state index < -0.39 is 0 Å². The quantitative estimate of drug-likeness (QED) is 0.749. The zero-order valence-electron chi connectivity index (χ0n) is 7.82. The highest BCUT2D eigenvalue weighted by Crippen LogP contribution is 2.25. The van der Waals surface area contributed by atoms with Crippen molar-refractivity contribution in [3.8, 4) is 11.3 Å². The average molecular weight is 239 g/mol. The molecule has 0 atom stereocenters. The summed E-state index contributed by atoms with van der Waals surface area (Å²) in [6.07, 6.45) is 0. The van der Waals surface area contributed by atoms with Crippen LogP contribution in [0, 0.1) is 0 Å². The van der Waals surface area contributed by atoms with Crippen LogP contribution in [0.4, 0.5) is 0 Å². The molecular weight excluding hydrogens is 231 g/mol. The maximum absolute atomic E-state index is 6.04. The van der Waals surface area contributed by atoms with E-state index in [4.69, 9.17) is 23.2 Å². The Morgan fingerprint density at radius 1 is 1.00 bits per heavy atom. The number of alkyl halides is 1. The van der Waals surface area contributed by atoms with Gasteiger partial charge in [-0.25, -0.2) is 0 Å². The zero-order chi connectivity index (χ0) is 10.7. The van der Waals surface area contributed by atoms with Crippen molar-refractivity contribution in [2.45, 2.75) is 5.88 Å². The van der Waals surface area contributed by atoms with E-state index in [-0.39, 0.29) is 0 Å². The molecule has 15 heavy (non-hydrogen) atoms. The second kappa shape index (κ2) is 4.60. The van der Waals surface area contributed by atoms with E-state index in [1.54, 1.807) is 0 Å². The highest BCUT2D eigenvalue weighted by molar-refractivity contribution is 6.33. The molecule has 0 fully saturated rings. The van der Waals surface area contributed by atoms with E-state index in [0.29, 0.717) is 10.9 Å². The molecule has 0 bridgehead atoms. The highest BCUT2D eigenvalue weighted by Gasteiger charge is 2.04. The van der Waals surface area contributed by atoms with Crippen molar-refractivity contribution in [1.82, 2.24) is 10.2 Å². The Morgan fingerprint density at radius 3 is 2.40 bits per heavy atom. The molecule has 2 rings (SSSR count). The number of halogens is 2. The van der Waals surface area contributed by atoms with Gasteiger partial charge < -0.3 is 0 Å². The van der Waals surface area contributed by atoms with Crippen LogP contribution in [-0.2, 0) is 5.88 Å². The monoisotopic (exact) mass is 238 g/mol. The highest BCUT2D eigenvalue weighted by atomic mass is 35.5. The molecule has 0 aliphatic rings. The van der Waals surface area contributed by atoms with Crippen molar-refractivity contribution >= 4 is 23.2 Å². The first kappa shape index (κ1) is 10.4. The third-order valence-electron chi connectivity index (χ3n) is 2.01. The van der Waals surface area contributed by atoms with E-state index in [1.807, 2.05) is 36.4 Å². The van der Waals surface area contributed by atoms with Gasteiger partial charge >= 0.3 is 0 Å². The lowest BCUT2D eigenvalue weighted by Crippen LogP contribution is -1.92. The minimum absolute atomic E-state index is 0.371. The van der Waals surface area contributed by atoms with Crippen LogP contribution in [0.2, 0.25) is 5.02 Å². The molecule has 4 heteroatoms. The molecule has 1 aromatic carbocycles. The Hall–Kier alpha value is -1.12. The smallest absolute Gasteiger partial charge is 0.0944 e. The van der Waals surface area contributed by atoms with E-state index in [2.05, 4.69) is 10.2 Å². The molecule has 1 aromatic heterocycles. The van der Waals surface area contributed by atoms with Crippen molar-refractivity contribution in [1.29, 1.82) is 0 Å². The van der Waals surface area contributed by atoms with Crippen LogP contribution in [0.3, 0.4) is 0 Å². The summed E-state index contributed by atoms with van der Waals surface area (Å²) in [6, 6.07) is 11.2. The van der Waals surface area contributed by atoms with Gasteiger partial charge in [-0.3, -0.25) is 0 Å². The van der Waals surface area contributed by atoms with Crippen LogP contribution in [0.1, 0.15) is 5.69 Å². The minimum Gasteiger partial charge on any atom is -0.154 e. The molecule has 0 spiro atoms. The van der Waals surface area contributed by atoms with Crippen molar-refractivity contribution in [2.75, 3.05) is 0 Å². The lowest BCUT2D eigenvalue weighted by Gasteiger charge is -2.02. The van der Waals surface area contributed by atoms with E-state index in [9.17, 15) is 0 Å². The Kier molecular flexibility index (Phi) is 3.19. The minimum atomic E-state index is 0.371. The lowest BCUT2D eigenvalue weighted by atomic mass is 10.1. The fourth-order valence-electron chi connectivity index (χ4n) is 1.24. The molecule has 2 nitrogen and oxygen atoms in total. The molecule has 0 unspecified atom stereocenters. The normalized spacial score (nSPS) is 10.3. The summed E-state index contributed by atoms with van der Waals surface area (Å²) in [7, 11) is 0. The van der Waals surface area contributed by atoms with E-state index in [1.165, 1.54) is 0 Å². The standard InChI is InChI=1S/C11H8Cl2N2/c12-7-8-5-6-11(15-14-8)9-3-1-2-4-10(9)13/h1-6H,7H2. The number of aromatic nitrogens is 2. The molecule has 2 aromatic rings. The fraction of sp³-hybridized carbons (Fsp3) is 0.0909. The van der Waals surface area contributed by atoms with Gasteiger partial charge in [0.25, 0.3) is 0 Å². The van der Waals surface area contributed by atoms with E-state index in [0.717, 1.165) is 17.0 Å². The van der Waals surface area contributed by atoms with Crippen LogP contribution in [-0.4, -0.2) is 10.2 Å². The van der Waals surface area contributed by atoms with Crippen LogP contribution in [0.15, 0.2) is 36.4 Å². The van der Waals surface area contributed by atoms with Gasteiger partial charge in [0, 0.05) is 5.56 Å². The molecule has 0 amide bonds. The van der Waals surface area contributed by atoms with Gasteiger partial charge in [0.2, 0.25) is 0 Å². The molecule has 1 heterocycles. The first-order chi connectivity index (χ1) is 7.31. The second-order valence-electron chi connectivity index (χ2n) is 3.02. The Bertz CT molecular complexity index is 454. The number of hydrogen-bond donors (Lipinski definition) is 0. The summed E-state index contributed by atoms with van der Waals surface area (Å²) >= 11 is 11.7. The Morgan fingerprint density at radius 2 is 1.80 bits per heavy atom. The molecular formula is C11H8Cl2N2. The summed E-state index contributed by atoms with van der Waals surface area (Å²) in [5.74, 6) is 0.371. The summed E-state index contributed by atoms with van der Waals surface area (Å²) in [5.41, 5.74) is 2.40. The van der Waals surface area contributed by atoms with Gasteiger partial charge in [0.1, 0.15) is 0 Å². The van der Waals surface area contributed by atoms with Crippen molar-refractivity contribution in [3.63, 3.8) is 0 Å². The van der Waals surface area contributed by atoms with Crippen LogP contribution >= 0.6 is 23.2 Å². The average Bonchev–Trinajstić information content (AvgIpc) is 2.30. The van der Waals surface area contributed by atoms with Gasteiger partial charge in [0.05, 0.1) is 22.3 Å². The van der Waals surface area contributed by atoms with Gasteiger partial charge in [-0.05, 0) is 18.2 Å². The molecule has 0 saturated heterocycles. The Balaban J connectivity index is 2.42. The SMILES string of the molecule is ClCc1ccc(-c2ccccc2Cl)nn1. The fourth-order valence-corrected chi connectivity index (χ4v) is 1.62. The summed E-state index contributed by atoms with van der Waals surface area (Å²) in [4.78, 5) is 0. The summed E-state index contributed by atoms with van der Waals surface area (Å²) < 4.78 is 0. The lowest BCUT2D eigenvalue weighted by molar-refractivity contribution is 0.975. The first-order valence-electron chi connectivity index (χ1n) is 4.45. The van der Waals surface area contributed by atoms with Gasteiger partial charge in [-0.1, -0.05) is 29.8 Å². The largest absolute Gasteiger partial charge is 0.154 e. The molecule has 76 valence electrons. The summed E-state index contributed by atoms with van der Waals surface area (Å²) in [5, 5.41) is 8.71. The molecule has 0 N–H and O–H groups in total. The topological polar surface area (TPSA) is 25.8 Å². The third kappa shape index (κ3) is 2.28.